The molecule has 2 aliphatic heterocycles. The van der Waals surface area contributed by atoms with E-state index < -0.39 is 0 Å². The minimum atomic E-state index is -0.0385. The highest BCUT2D eigenvalue weighted by Gasteiger charge is 2.37. The van der Waals surface area contributed by atoms with Crippen LogP contribution in [0.4, 0.5) is 0 Å². The van der Waals surface area contributed by atoms with Crippen molar-refractivity contribution in [1.29, 1.82) is 0 Å². The molecule has 0 radical (unpaired) electrons. The maximum atomic E-state index is 11.5. The summed E-state index contributed by atoms with van der Waals surface area (Å²) in [6.07, 6.45) is 2.10. The summed E-state index contributed by atoms with van der Waals surface area (Å²) in [6.45, 7) is 4.18. The second-order valence-electron chi connectivity index (χ2n) is 4.08. The van der Waals surface area contributed by atoms with E-state index in [1.807, 2.05) is 0 Å². The predicted octanol–water partition coefficient (Wildman–Crippen LogP) is -0.157. The maximum absolute atomic E-state index is 11.5. The number of hydrogen-bond acceptors (Lipinski definition) is 4. The molecule has 0 saturated carbocycles. The van der Waals surface area contributed by atoms with Crippen LogP contribution in [0.25, 0.3) is 0 Å². The zero-order valence-electron chi connectivity index (χ0n) is 8.66. The molecule has 2 atom stereocenters. The lowest BCUT2D eigenvalue weighted by molar-refractivity contribution is -0.150. The van der Waals surface area contributed by atoms with Gasteiger partial charge in [-0.05, 0) is 19.4 Å². The van der Waals surface area contributed by atoms with E-state index in [-0.39, 0.29) is 11.9 Å². The fraction of sp³-hybridized carbons (Fsp3) is 0.900. The lowest BCUT2D eigenvalue weighted by Gasteiger charge is -2.43. The Labute approximate surface area is 84.6 Å². The average Bonchev–Trinajstić information content (AvgIpc) is 2.27. The smallest absolute Gasteiger partial charge is 0.310 e. The molecule has 2 rings (SSSR count). The number of rotatable bonds is 1. The van der Waals surface area contributed by atoms with Gasteiger partial charge in [0, 0.05) is 25.7 Å². The van der Waals surface area contributed by atoms with Gasteiger partial charge in [-0.15, -0.1) is 0 Å². The summed E-state index contributed by atoms with van der Waals surface area (Å²) in [7, 11) is 1.48. The number of esters is 1. The molecule has 2 aliphatic rings. The minimum absolute atomic E-state index is 0.0385. The number of methoxy groups -OCH3 is 1. The molecular formula is C10H18N2O2. The number of piperidine rings is 1. The lowest BCUT2D eigenvalue weighted by atomic mass is 9.88. The summed E-state index contributed by atoms with van der Waals surface area (Å²) < 4.78 is 4.85. The van der Waals surface area contributed by atoms with Gasteiger partial charge in [-0.1, -0.05) is 0 Å². The highest BCUT2D eigenvalue weighted by Crippen LogP contribution is 2.25. The van der Waals surface area contributed by atoms with Crippen molar-refractivity contribution in [2.45, 2.75) is 18.9 Å². The molecule has 4 nitrogen and oxygen atoms in total. The van der Waals surface area contributed by atoms with Gasteiger partial charge in [-0.2, -0.15) is 0 Å². The number of hydrogen-bond donors (Lipinski definition) is 1. The van der Waals surface area contributed by atoms with E-state index in [4.69, 9.17) is 4.74 Å². The van der Waals surface area contributed by atoms with Crippen LogP contribution < -0.4 is 5.32 Å². The number of carbonyl (C=O) groups is 1. The molecule has 2 saturated heterocycles. The number of fused-ring (bicyclic) bond motifs is 1. The Bertz CT molecular complexity index is 218. The summed E-state index contributed by atoms with van der Waals surface area (Å²) in [4.78, 5) is 14.0. The summed E-state index contributed by atoms with van der Waals surface area (Å²) in [5, 5.41) is 3.34. The Kier molecular flexibility index (Phi) is 3.03. The number of nitrogens with zero attached hydrogens (tertiary/aromatic N) is 1. The van der Waals surface area contributed by atoms with Crippen LogP contribution in [0.3, 0.4) is 0 Å². The quantitative estimate of drug-likeness (QED) is 0.595. The second-order valence-corrected chi connectivity index (χ2v) is 4.08. The van der Waals surface area contributed by atoms with Crippen molar-refractivity contribution in [3.05, 3.63) is 0 Å². The van der Waals surface area contributed by atoms with Crippen molar-refractivity contribution < 1.29 is 9.53 Å². The van der Waals surface area contributed by atoms with Crippen LogP contribution >= 0.6 is 0 Å². The largest absolute Gasteiger partial charge is 0.469 e. The fourth-order valence-electron chi connectivity index (χ4n) is 2.57. The molecule has 0 aromatic carbocycles. The molecule has 2 fully saturated rings. The Hall–Kier alpha value is -0.610. The number of carbonyl (C=O) groups excluding carboxylic acids is 1. The standard InChI is InChI=1S/C10H18N2O2/c1-14-10(13)8-3-2-5-12-6-4-11-7-9(8)12/h8-9,11H,2-7H2,1H3. The van der Waals surface area contributed by atoms with Gasteiger partial charge < -0.3 is 10.1 Å². The number of piperazine rings is 1. The SMILES string of the molecule is COC(=O)C1CCCN2CCNCC12. The van der Waals surface area contributed by atoms with Crippen LogP contribution in [0.15, 0.2) is 0 Å². The van der Waals surface area contributed by atoms with Gasteiger partial charge in [0.2, 0.25) is 0 Å². The zero-order valence-corrected chi connectivity index (χ0v) is 8.66. The highest BCUT2D eigenvalue weighted by atomic mass is 16.5. The fourth-order valence-corrected chi connectivity index (χ4v) is 2.57. The summed E-state index contributed by atoms with van der Waals surface area (Å²) in [5.41, 5.74) is 0. The Morgan fingerprint density at radius 3 is 3.14 bits per heavy atom. The molecule has 0 aromatic heterocycles. The van der Waals surface area contributed by atoms with E-state index in [0.717, 1.165) is 39.0 Å². The van der Waals surface area contributed by atoms with Crippen molar-refractivity contribution in [1.82, 2.24) is 10.2 Å². The maximum Gasteiger partial charge on any atom is 0.310 e. The molecule has 0 aliphatic carbocycles. The molecule has 2 unspecified atom stereocenters. The van der Waals surface area contributed by atoms with Crippen LogP contribution in [0.1, 0.15) is 12.8 Å². The van der Waals surface area contributed by atoms with E-state index in [2.05, 4.69) is 10.2 Å². The van der Waals surface area contributed by atoms with E-state index in [9.17, 15) is 4.79 Å². The summed E-state index contributed by atoms with van der Waals surface area (Å²) in [5.74, 6) is 0.0462. The first-order chi connectivity index (χ1) is 6.83. The molecule has 14 heavy (non-hydrogen) atoms. The van der Waals surface area contributed by atoms with Gasteiger partial charge >= 0.3 is 5.97 Å². The van der Waals surface area contributed by atoms with Crippen LogP contribution in [-0.4, -0.2) is 50.2 Å². The van der Waals surface area contributed by atoms with Crippen molar-refractivity contribution >= 4 is 5.97 Å². The van der Waals surface area contributed by atoms with Crippen molar-refractivity contribution in [2.75, 3.05) is 33.3 Å². The van der Waals surface area contributed by atoms with Crippen molar-refractivity contribution in [3.8, 4) is 0 Å². The van der Waals surface area contributed by atoms with Gasteiger partial charge in [-0.25, -0.2) is 0 Å². The number of nitrogens with one attached hydrogen (secondary N) is 1. The topological polar surface area (TPSA) is 41.6 Å². The van der Waals surface area contributed by atoms with Crippen molar-refractivity contribution in [3.63, 3.8) is 0 Å². The van der Waals surface area contributed by atoms with Gasteiger partial charge in [0.05, 0.1) is 13.0 Å². The minimum Gasteiger partial charge on any atom is -0.469 e. The van der Waals surface area contributed by atoms with Crippen LogP contribution in [-0.2, 0) is 9.53 Å². The van der Waals surface area contributed by atoms with E-state index in [0.29, 0.717) is 6.04 Å². The molecule has 0 bridgehead atoms. The first-order valence-electron chi connectivity index (χ1n) is 5.35. The normalized spacial score (nSPS) is 33.5. The second kappa shape index (κ2) is 4.28. The van der Waals surface area contributed by atoms with E-state index in [1.165, 1.54) is 7.11 Å². The number of ether oxygens (including phenoxy) is 1. The summed E-state index contributed by atoms with van der Waals surface area (Å²) >= 11 is 0. The molecule has 1 N–H and O–H groups in total. The monoisotopic (exact) mass is 198 g/mol. The molecular weight excluding hydrogens is 180 g/mol. The lowest BCUT2D eigenvalue weighted by Crippen LogP contribution is -2.58. The Morgan fingerprint density at radius 2 is 2.36 bits per heavy atom. The third kappa shape index (κ3) is 1.77. The van der Waals surface area contributed by atoms with Crippen molar-refractivity contribution in [2.24, 2.45) is 5.92 Å². The van der Waals surface area contributed by atoms with E-state index in [1.54, 1.807) is 0 Å². The third-order valence-corrected chi connectivity index (χ3v) is 3.33. The molecule has 0 amide bonds. The van der Waals surface area contributed by atoms with Crippen LogP contribution in [0.5, 0.6) is 0 Å². The summed E-state index contributed by atoms with van der Waals surface area (Å²) in [6, 6.07) is 0.366. The zero-order chi connectivity index (χ0) is 9.97. The van der Waals surface area contributed by atoms with Crippen LogP contribution in [0.2, 0.25) is 0 Å². The molecule has 0 spiro atoms. The predicted molar refractivity (Wildman–Crippen MR) is 53.0 cm³/mol. The van der Waals surface area contributed by atoms with E-state index >= 15 is 0 Å². The van der Waals surface area contributed by atoms with Gasteiger partial charge in [-0.3, -0.25) is 9.69 Å². The molecule has 2 heterocycles. The van der Waals surface area contributed by atoms with Gasteiger partial charge in [0.15, 0.2) is 0 Å². The third-order valence-electron chi connectivity index (χ3n) is 3.33. The Balaban J connectivity index is 2.04. The molecule has 80 valence electrons. The molecule has 0 aromatic rings. The van der Waals surface area contributed by atoms with Gasteiger partial charge in [0.25, 0.3) is 0 Å². The first kappa shape index (κ1) is 9.93. The molecule has 4 heteroatoms. The van der Waals surface area contributed by atoms with Gasteiger partial charge in [0.1, 0.15) is 0 Å². The Morgan fingerprint density at radius 1 is 1.50 bits per heavy atom. The van der Waals surface area contributed by atoms with Crippen LogP contribution in [0, 0.1) is 5.92 Å². The highest BCUT2D eigenvalue weighted by molar-refractivity contribution is 5.73. The average molecular weight is 198 g/mol. The first-order valence-corrected chi connectivity index (χ1v) is 5.35.